The summed E-state index contributed by atoms with van der Waals surface area (Å²) in [7, 11) is -3.85. The number of halogens is 1. The predicted molar refractivity (Wildman–Crippen MR) is 72.8 cm³/mol. The SMILES string of the molecule is CCC(NS(=O)(=O)c1ccc(F)cc1N)c1ncc[nH]1. The van der Waals surface area contributed by atoms with Gasteiger partial charge in [0.25, 0.3) is 0 Å². The van der Waals surface area contributed by atoms with Gasteiger partial charge in [0.05, 0.1) is 11.7 Å². The van der Waals surface area contributed by atoms with Crippen molar-refractivity contribution in [3.63, 3.8) is 0 Å². The van der Waals surface area contributed by atoms with Crippen LogP contribution >= 0.6 is 0 Å². The average molecular weight is 298 g/mol. The van der Waals surface area contributed by atoms with Gasteiger partial charge in [-0.1, -0.05) is 6.92 Å². The first-order chi connectivity index (χ1) is 9.44. The lowest BCUT2D eigenvalue weighted by Crippen LogP contribution is -2.29. The molecule has 20 heavy (non-hydrogen) atoms. The Morgan fingerprint density at radius 1 is 1.50 bits per heavy atom. The minimum Gasteiger partial charge on any atom is -0.398 e. The molecule has 2 aromatic rings. The van der Waals surface area contributed by atoms with Crippen LogP contribution in [0.1, 0.15) is 25.2 Å². The molecule has 0 fully saturated rings. The Bertz CT molecular complexity index is 685. The number of nitrogens with two attached hydrogens (primary N) is 1. The third-order valence-electron chi connectivity index (χ3n) is 2.82. The van der Waals surface area contributed by atoms with Gasteiger partial charge in [0.1, 0.15) is 16.5 Å². The molecule has 8 heteroatoms. The van der Waals surface area contributed by atoms with Crippen molar-refractivity contribution < 1.29 is 12.8 Å². The summed E-state index contributed by atoms with van der Waals surface area (Å²) in [5.41, 5.74) is 5.43. The molecule has 0 radical (unpaired) electrons. The highest BCUT2D eigenvalue weighted by Gasteiger charge is 2.23. The lowest BCUT2D eigenvalue weighted by atomic mass is 10.2. The minimum absolute atomic E-state index is 0.133. The second kappa shape index (κ2) is 5.59. The lowest BCUT2D eigenvalue weighted by Gasteiger charge is -2.16. The molecule has 1 unspecified atom stereocenters. The quantitative estimate of drug-likeness (QED) is 0.729. The van der Waals surface area contributed by atoms with Gasteiger partial charge in [0, 0.05) is 12.4 Å². The maximum Gasteiger partial charge on any atom is 0.243 e. The highest BCUT2D eigenvalue weighted by atomic mass is 32.2. The van der Waals surface area contributed by atoms with Gasteiger partial charge in [0.2, 0.25) is 10.0 Å². The van der Waals surface area contributed by atoms with E-state index < -0.39 is 21.9 Å². The van der Waals surface area contributed by atoms with Gasteiger partial charge >= 0.3 is 0 Å². The number of hydrogen-bond acceptors (Lipinski definition) is 4. The predicted octanol–water partition coefficient (Wildman–Crippen LogP) is 1.56. The Morgan fingerprint density at radius 3 is 2.80 bits per heavy atom. The Morgan fingerprint density at radius 2 is 2.25 bits per heavy atom. The summed E-state index contributed by atoms with van der Waals surface area (Å²) in [6, 6.07) is 2.67. The number of sulfonamides is 1. The topological polar surface area (TPSA) is 101 Å². The molecule has 0 spiro atoms. The molecule has 0 saturated heterocycles. The van der Waals surface area contributed by atoms with Crippen LogP contribution in [-0.4, -0.2) is 18.4 Å². The largest absolute Gasteiger partial charge is 0.398 e. The molecule has 1 atom stereocenters. The van der Waals surface area contributed by atoms with Crippen molar-refractivity contribution in [2.75, 3.05) is 5.73 Å². The molecule has 4 N–H and O–H groups in total. The summed E-state index contributed by atoms with van der Waals surface area (Å²) in [5, 5.41) is 0. The molecule has 0 aliphatic carbocycles. The summed E-state index contributed by atoms with van der Waals surface area (Å²) in [6.07, 6.45) is 3.66. The molecule has 108 valence electrons. The first-order valence-electron chi connectivity index (χ1n) is 6.00. The van der Waals surface area contributed by atoms with E-state index in [1.807, 2.05) is 6.92 Å². The number of rotatable bonds is 5. The lowest BCUT2D eigenvalue weighted by molar-refractivity contribution is 0.539. The molecule has 2 rings (SSSR count). The summed E-state index contributed by atoms with van der Waals surface area (Å²) in [6.45, 7) is 1.82. The number of nitrogens with one attached hydrogen (secondary N) is 2. The summed E-state index contributed by atoms with van der Waals surface area (Å²) in [4.78, 5) is 6.74. The Kier molecular flexibility index (Phi) is 4.05. The number of H-pyrrole nitrogens is 1. The zero-order chi connectivity index (χ0) is 14.8. The van der Waals surface area contributed by atoms with Gasteiger partial charge in [-0.15, -0.1) is 0 Å². The van der Waals surface area contributed by atoms with Crippen LogP contribution in [0.3, 0.4) is 0 Å². The van der Waals surface area contributed by atoms with E-state index in [0.717, 1.165) is 18.2 Å². The molecular formula is C12H15FN4O2S. The number of benzene rings is 1. The van der Waals surface area contributed by atoms with Crippen LogP contribution in [0, 0.1) is 5.82 Å². The van der Waals surface area contributed by atoms with Gasteiger partial charge in [-0.05, 0) is 24.6 Å². The zero-order valence-electron chi connectivity index (χ0n) is 10.8. The Balaban J connectivity index is 2.31. The smallest absolute Gasteiger partial charge is 0.243 e. The van der Waals surface area contributed by atoms with Gasteiger partial charge in [-0.25, -0.2) is 22.5 Å². The fourth-order valence-corrected chi connectivity index (χ4v) is 3.21. The normalized spacial score (nSPS) is 13.3. The van der Waals surface area contributed by atoms with Crippen molar-refractivity contribution in [2.24, 2.45) is 0 Å². The monoisotopic (exact) mass is 298 g/mol. The Hall–Kier alpha value is -1.93. The maximum absolute atomic E-state index is 13.0. The van der Waals surface area contributed by atoms with E-state index in [9.17, 15) is 12.8 Å². The molecule has 0 bridgehead atoms. The molecule has 6 nitrogen and oxygen atoms in total. The maximum atomic E-state index is 13.0. The fourth-order valence-electron chi connectivity index (χ4n) is 1.82. The number of nitrogens with zero attached hydrogens (tertiary/aromatic N) is 1. The van der Waals surface area contributed by atoms with Crippen molar-refractivity contribution in [1.29, 1.82) is 0 Å². The van der Waals surface area contributed by atoms with Gasteiger partial charge in [-0.3, -0.25) is 0 Å². The third-order valence-corrected chi connectivity index (χ3v) is 4.36. The number of nitrogen functional groups attached to an aromatic ring is 1. The van der Waals surface area contributed by atoms with Crippen molar-refractivity contribution in [1.82, 2.24) is 14.7 Å². The van der Waals surface area contributed by atoms with E-state index >= 15 is 0 Å². The molecule has 1 aromatic heterocycles. The van der Waals surface area contributed by atoms with Crippen molar-refractivity contribution in [2.45, 2.75) is 24.3 Å². The first-order valence-corrected chi connectivity index (χ1v) is 7.49. The van der Waals surface area contributed by atoms with Gasteiger partial charge in [0.15, 0.2) is 0 Å². The van der Waals surface area contributed by atoms with Crippen LogP contribution in [0.4, 0.5) is 10.1 Å². The van der Waals surface area contributed by atoms with Crippen LogP contribution in [0.25, 0.3) is 0 Å². The molecule has 0 amide bonds. The van der Waals surface area contributed by atoms with E-state index in [-0.39, 0.29) is 10.6 Å². The van der Waals surface area contributed by atoms with Crippen LogP contribution in [0.5, 0.6) is 0 Å². The second-order valence-electron chi connectivity index (χ2n) is 4.24. The molecular weight excluding hydrogens is 283 g/mol. The summed E-state index contributed by atoms with van der Waals surface area (Å²) in [5.74, 6) is -0.0729. The average Bonchev–Trinajstić information content (AvgIpc) is 2.89. The zero-order valence-corrected chi connectivity index (χ0v) is 11.6. The van der Waals surface area contributed by atoms with Crippen LogP contribution in [0.15, 0.2) is 35.5 Å². The van der Waals surface area contributed by atoms with E-state index in [1.54, 1.807) is 12.4 Å². The van der Waals surface area contributed by atoms with Crippen LogP contribution in [0.2, 0.25) is 0 Å². The molecule has 1 aromatic carbocycles. The summed E-state index contributed by atoms with van der Waals surface area (Å²) >= 11 is 0. The van der Waals surface area contributed by atoms with Crippen molar-refractivity contribution in [3.05, 3.63) is 42.2 Å². The van der Waals surface area contributed by atoms with Gasteiger partial charge < -0.3 is 10.7 Å². The molecule has 1 heterocycles. The highest BCUT2D eigenvalue weighted by molar-refractivity contribution is 7.89. The number of aromatic nitrogens is 2. The highest BCUT2D eigenvalue weighted by Crippen LogP contribution is 2.22. The van der Waals surface area contributed by atoms with E-state index in [0.29, 0.717) is 12.2 Å². The van der Waals surface area contributed by atoms with Crippen molar-refractivity contribution in [3.8, 4) is 0 Å². The van der Waals surface area contributed by atoms with Crippen LogP contribution < -0.4 is 10.5 Å². The van der Waals surface area contributed by atoms with E-state index in [1.165, 1.54) is 0 Å². The van der Waals surface area contributed by atoms with Gasteiger partial charge in [-0.2, -0.15) is 0 Å². The Labute approximate surface area is 116 Å². The van der Waals surface area contributed by atoms with E-state index in [2.05, 4.69) is 14.7 Å². The number of hydrogen-bond donors (Lipinski definition) is 3. The third kappa shape index (κ3) is 2.97. The minimum atomic E-state index is -3.85. The van der Waals surface area contributed by atoms with Crippen molar-refractivity contribution >= 4 is 15.7 Å². The van der Waals surface area contributed by atoms with Crippen LogP contribution in [-0.2, 0) is 10.0 Å². The molecule has 0 saturated carbocycles. The first kappa shape index (κ1) is 14.5. The van der Waals surface area contributed by atoms with E-state index in [4.69, 9.17) is 5.73 Å². The molecule has 0 aliphatic heterocycles. The standard InChI is InChI=1S/C12H15FN4O2S/c1-2-10(12-15-5-6-16-12)17-20(18,19)11-4-3-8(13)7-9(11)14/h3-7,10,17H,2,14H2,1H3,(H,15,16). The fraction of sp³-hybridized carbons (Fsp3) is 0.250. The summed E-state index contributed by atoms with van der Waals surface area (Å²) < 4.78 is 40.0. The number of anilines is 1. The number of aromatic amines is 1. The molecule has 0 aliphatic rings. The second-order valence-corrected chi connectivity index (χ2v) is 5.92. The number of imidazole rings is 1.